The molecule has 0 saturated carbocycles. The van der Waals surface area contributed by atoms with Crippen molar-refractivity contribution in [2.75, 3.05) is 25.4 Å². The third-order valence-corrected chi connectivity index (χ3v) is 4.89. The van der Waals surface area contributed by atoms with E-state index in [1.165, 1.54) is 16.4 Å². The zero-order chi connectivity index (χ0) is 14.0. The molecule has 0 amide bonds. The van der Waals surface area contributed by atoms with Gasteiger partial charge in [-0.15, -0.1) is 0 Å². The van der Waals surface area contributed by atoms with E-state index in [-0.39, 0.29) is 23.2 Å². The van der Waals surface area contributed by atoms with Gasteiger partial charge in [0.25, 0.3) is 0 Å². The predicted molar refractivity (Wildman–Crippen MR) is 69.6 cm³/mol. The normalized spacial score (nSPS) is 22.1. The van der Waals surface area contributed by atoms with E-state index in [2.05, 4.69) is 0 Å². The number of hydrogen-bond acceptors (Lipinski definition) is 4. The Balaban J connectivity index is 2.32. The molecular weight excluding hydrogens is 271 g/mol. The number of nitrogen functional groups attached to an aromatic ring is 1. The molecule has 0 bridgehead atoms. The maximum absolute atomic E-state index is 13.4. The van der Waals surface area contributed by atoms with Crippen LogP contribution in [0.2, 0.25) is 0 Å². The molecule has 7 heteroatoms. The van der Waals surface area contributed by atoms with Crippen molar-refractivity contribution < 1.29 is 17.5 Å². The maximum Gasteiger partial charge on any atom is 0.243 e. The minimum Gasteiger partial charge on any atom is -0.396 e. The number of rotatable bonds is 2. The van der Waals surface area contributed by atoms with Gasteiger partial charge in [-0.25, -0.2) is 12.8 Å². The highest BCUT2D eigenvalue weighted by Gasteiger charge is 2.28. The van der Waals surface area contributed by atoms with Crippen LogP contribution < -0.4 is 5.73 Å². The van der Waals surface area contributed by atoms with Gasteiger partial charge in [0.05, 0.1) is 16.7 Å². The van der Waals surface area contributed by atoms with Crippen molar-refractivity contribution in [1.29, 1.82) is 0 Å². The van der Waals surface area contributed by atoms with E-state index in [0.717, 1.165) is 6.07 Å². The molecule has 19 heavy (non-hydrogen) atoms. The van der Waals surface area contributed by atoms with Crippen LogP contribution in [-0.4, -0.2) is 38.5 Å². The average molecular weight is 288 g/mol. The van der Waals surface area contributed by atoms with Gasteiger partial charge in [0, 0.05) is 19.7 Å². The number of ether oxygens (including phenoxy) is 1. The highest BCUT2D eigenvalue weighted by Crippen LogP contribution is 2.21. The fraction of sp³-hybridized carbons (Fsp3) is 0.500. The molecule has 1 unspecified atom stereocenters. The summed E-state index contributed by atoms with van der Waals surface area (Å²) in [6.07, 6.45) is 0.456. The molecule has 2 N–H and O–H groups in total. The molecule has 0 aliphatic carbocycles. The van der Waals surface area contributed by atoms with Gasteiger partial charge in [0.1, 0.15) is 5.82 Å². The van der Waals surface area contributed by atoms with Gasteiger partial charge in [-0.3, -0.25) is 0 Å². The lowest BCUT2D eigenvalue weighted by atomic mass is 10.3. The number of nitrogens with two attached hydrogens (primary N) is 1. The molecule has 0 spiro atoms. The summed E-state index contributed by atoms with van der Waals surface area (Å²) in [4.78, 5) is -0.0756. The van der Waals surface area contributed by atoms with E-state index in [4.69, 9.17) is 10.5 Å². The van der Waals surface area contributed by atoms with Crippen LogP contribution in [0.25, 0.3) is 0 Å². The van der Waals surface area contributed by atoms with Crippen molar-refractivity contribution in [1.82, 2.24) is 4.31 Å². The Morgan fingerprint density at radius 3 is 2.89 bits per heavy atom. The molecule has 1 aliphatic rings. The topological polar surface area (TPSA) is 72.6 Å². The second kappa shape index (κ2) is 5.44. The standard InChI is InChI=1S/C12H17FN2O3S/c1-9-8-15(5-2-6-18-9)19(16,17)10-3-4-12(14)11(13)7-10/h3-4,7,9H,2,5-6,8,14H2,1H3. The van der Waals surface area contributed by atoms with Crippen LogP contribution in [0.3, 0.4) is 0 Å². The van der Waals surface area contributed by atoms with Gasteiger partial charge >= 0.3 is 0 Å². The molecule has 1 atom stereocenters. The van der Waals surface area contributed by atoms with Gasteiger partial charge in [-0.1, -0.05) is 0 Å². The highest BCUT2D eigenvalue weighted by atomic mass is 32.2. The lowest BCUT2D eigenvalue weighted by Gasteiger charge is -2.21. The monoisotopic (exact) mass is 288 g/mol. The van der Waals surface area contributed by atoms with Crippen LogP contribution in [0.4, 0.5) is 10.1 Å². The van der Waals surface area contributed by atoms with E-state index in [9.17, 15) is 12.8 Å². The molecule has 1 aromatic carbocycles. The van der Waals surface area contributed by atoms with Crippen molar-refractivity contribution in [3.63, 3.8) is 0 Å². The summed E-state index contributed by atoms with van der Waals surface area (Å²) >= 11 is 0. The SMILES string of the molecule is CC1CN(S(=O)(=O)c2ccc(N)c(F)c2)CCCO1. The smallest absolute Gasteiger partial charge is 0.243 e. The number of hydrogen-bond donors (Lipinski definition) is 1. The third kappa shape index (κ3) is 3.05. The van der Waals surface area contributed by atoms with Crippen LogP contribution in [0.15, 0.2) is 23.1 Å². The fourth-order valence-electron chi connectivity index (χ4n) is 1.99. The molecule has 1 fully saturated rings. The minimum absolute atomic E-state index is 0.0634. The number of sulfonamides is 1. The van der Waals surface area contributed by atoms with Crippen molar-refractivity contribution in [3.05, 3.63) is 24.0 Å². The van der Waals surface area contributed by atoms with Crippen molar-refractivity contribution in [2.24, 2.45) is 0 Å². The second-order valence-corrected chi connectivity index (χ2v) is 6.52. The molecule has 1 aliphatic heterocycles. The molecule has 106 valence electrons. The van der Waals surface area contributed by atoms with Crippen molar-refractivity contribution in [3.8, 4) is 0 Å². The Bertz CT molecular complexity index is 562. The number of benzene rings is 1. The summed E-state index contributed by atoms with van der Waals surface area (Å²) in [5.74, 6) is -0.722. The van der Waals surface area contributed by atoms with Gasteiger partial charge < -0.3 is 10.5 Å². The highest BCUT2D eigenvalue weighted by molar-refractivity contribution is 7.89. The zero-order valence-electron chi connectivity index (χ0n) is 10.7. The maximum atomic E-state index is 13.4. The van der Waals surface area contributed by atoms with E-state index in [0.29, 0.717) is 19.6 Å². The van der Waals surface area contributed by atoms with Gasteiger partial charge in [-0.05, 0) is 31.5 Å². The molecule has 0 radical (unpaired) electrons. The van der Waals surface area contributed by atoms with Crippen LogP contribution in [-0.2, 0) is 14.8 Å². The Labute approximate surface area is 112 Å². The molecule has 1 aromatic rings. The summed E-state index contributed by atoms with van der Waals surface area (Å²) in [7, 11) is -3.70. The van der Waals surface area contributed by atoms with Gasteiger partial charge in [0.15, 0.2) is 0 Å². The molecule has 2 rings (SSSR count). The minimum atomic E-state index is -3.70. The summed E-state index contributed by atoms with van der Waals surface area (Å²) in [6.45, 7) is 2.99. The van der Waals surface area contributed by atoms with E-state index in [1.807, 2.05) is 6.92 Å². The second-order valence-electron chi connectivity index (χ2n) is 4.58. The summed E-state index contributed by atoms with van der Waals surface area (Å²) in [5.41, 5.74) is 5.29. The van der Waals surface area contributed by atoms with Crippen LogP contribution >= 0.6 is 0 Å². The Kier molecular flexibility index (Phi) is 4.07. The summed E-state index contributed by atoms with van der Waals surface area (Å²) in [6, 6.07) is 3.55. The Morgan fingerprint density at radius 2 is 2.21 bits per heavy atom. The number of halogens is 1. The van der Waals surface area contributed by atoms with Crippen LogP contribution in [0.5, 0.6) is 0 Å². The lowest BCUT2D eigenvalue weighted by Crippen LogP contribution is -2.36. The van der Waals surface area contributed by atoms with E-state index >= 15 is 0 Å². The van der Waals surface area contributed by atoms with Crippen molar-refractivity contribution in [2.45, 2.75) is 24.3 Å². The Morgan fingerprint density at radius 1 is 1.47 bits per heavy atom. The first-order valence-corrected chi connectivity index (χ1v) is 7.52. The number of anilines is 1. The van der Waals surface area contributed by atoms with E-state index in [1.54, 1.807) is 0 Å². The van der Waals surface area contributed by atoms with Crippen LogP contribution in [0.1, 0.15) is 13.3 Å². The first-order valence-electron chi connectivity index (χ1n) is 6.08. The van der Waals surface area contributed by atoms with Crippen LogP contribution in [0, 0.1) is 5.82 Å². The molecule has 5 nitrogen and oxygen atoms in total. The third-order valence-electron chi connectivity index (χ3n) is 3.02. The molecule has 1 heterocycles. The van der Waals surface area contributed by atoms with Gasteiger partial charge in [-0.2, -0.15) is 4.31 Å². The first kappa shape index (κ1) is 14.2. The van der Waals surface area contributed by atoms with E-state index < -0.39 is 15.8 Å². The largest absolute Gasteiger partial charge is 0.396 e. The molecule has 1 saturated heterocycles. The number of nitrogens with zero attached hydrogens (tertiary/aromatic N) is 1. The van der Waals surface area contributed by atoms with Crippen molar-refractivity contribution >= 4 is 15.7 Å². The summed E-state index contributed by atoms with van der Waals surface area (Å²) < 4.78 is 45.0. The molecule has 0 aromatic heterocycles. The quantitative estimate of drug-likeness (QED) is 0.830. The zero-order valence-corrected chi connectivity index (χ0v) is 11.5. The summed E-state index contributed by atoms with van der Waals surface area (Å²) in [5, 5.41) is 0. The average Bonchev–Trinajstić information content (AvgIpc) is 2.57. The first-order chi connectivity index (χ1) is 8.91. The fourth-order valence-corrected chi connectivity index (χ4v) is 3.56. The Hall–Kier alpha value is -1.18. The van der Waals surface area contributed by atoms with Gasteiger partial charge in [0.2, 0.25) is 10.0 Å². The predicted octanol–water partition coefficient (Wildman–Crippen LogP) is 1.21. The lowest BCUT2D eigenvalue weighted by molar-refractivity contribution is 0.0752. The molecular formula is C12H17FN2O3S.